The van der Waals surface area contributed by atoms with Gasteiger partial charge in [-0.3, -0.25) is 4.79 Å². The Labute approximate surface area is 339 Å². The van der Waals surface area contributed by atoms with Crippen molar-refractivity contribution in [3.8, 4) is 0 Å². The number of unbranched alkanes of at least 4 members (excludes halogenated alkanes) is 37. The highest BCUT2D eigenvalue weighted by Crippen LogP contribution is 2.17. The van der Waals surface area contributed by atoms with Gasteiger partial charge in [-0.1, -0.05) is 251 Å². The van der Waals surface area contributed by atoms with Crippen LogP contribution in [0.2, 0.25) is 0 Å². The van der Waals surface area contributed by atoms with E-state index in [1.54, 1.807) is 0 Å². The summed E-state index contributed by atoms with van der Waals surface area (Å²) in [5.74, 6) is -0.0292. The maximum Gasteiger partial charge on any atom is 0.220 e. The molecule has 0 rings (SSSR count). The molecule has 0 aromatic carbocycles. The Balaban J connectivity index is 3.45. The Morgan fingerprint density at radius 3 is 1.02 bits per heavy atom. The maximum absolute atomic E-state index is 12.4. The predicted octanol–water partition coefficient (Wildman–Crippen LogP) is 15.8. The van der Waals surface area contributed by atoms with Crippen LogP contribution >= 0.6 is 0 Å². The Morgan fingerprint density at radius 2 is 0.704 bits per heavy atom. The lowest BCUT2D eigenvalue weighted by atomic mass is 10.0. The average Bonchev–Trinajstić information content (AvgIpc) is 3.18. The molecule has 0 saturated heterocycles. The third-order valence-electron chi connectivity index (χ3n) is 11.8. The minimum absolute atomic E-state index is 0.0292. The second-order valence-electron chi connectivity index (χ2n) is 17.2. The van der Waals surface area contributed by atoms with E-state index in [0.717, 1.165) is 25.7 Å². The van der Waals surface area contributed by atoms with Gasteiger partial charge in [0.25, 0.3) is 0 Å². The number of aliphatic hydroxyl groups excluding tert-OH is 2. The van der Waals surface area contributed by atoms with Crippen molar-refractivity contribution in [1.82, 2.24) is 5.32 Å². The van der Waals surface area contributed by atoms with Crippen molar-refractivity contribution in [1.29, 1.82) is 0 Å². The Bertz CT molecular complexity index is 739. The molecule has 1 amide bonds. The summed E-state index contributed by atoms with van der Waals surface area (Å²) in [4.78, 5) is 12.4. The highest BCUT2D eigenvalue weighted by atomic mass is 16.3. The van der Waals surface area contributed by atoms with Crippen molar-refractivity contribution in [3.05, 3.63) is 12.2 Å². The molecule has 322 valence electrons. The number of nitrogens with one attached hydrogen (secondary N) is 1. The van der Waals surface area contributed by atoms with E-state index in [0.29, 0.717) is 12.8 Å². The molecule has 0 saturated carbocycles. The molecule has 3 N–H and O–H groups in total. The van der Waals surface area contributed by atoms with Gasteiger partial charge in [-0.25, -0.2) is 0 Å². The highest BCUT2D eigenvalue weighted by Gasteiger charge is 2.20. The molecular weight excluding hydrogens is 663 g/mol. The molecule has 0 aromatic rings. The Morgan fingerprint density at radius 1 is 0.426 bits per heavy atom. The largest absolute Gasteiger partial charge is 0.394 e. The summed E-state index contributed by atoms with van der Waals surface area (Å²) in [6.45, 7) is 4.38. The Kier molecular flexibility index (Phi) is 45.8. The standard InChI is InChI=1S/C50H99NO3/c1-3-5-7-9-11-13-15-17-19-21-23-24-25-26-28-29-31-33-35-37-39-41-43-45-49(53)48(47-52)51-50(54)46-44-42-40-38-36-34-32-30-27-22-20-18-16-14-12-10-8-6-4-2/h18,20,48-49,52-53H,3-17,19,21-47H2,1-2H3,(H,51,54)/b20-18-. The molecule has 54 heavy (non-hydrogen) atoms. The average molecular weight is 762 g/mol. The Hall–Kier alpha value is -0.870. The lowest BCUT2D eigenvalue weighted by Crippen LogP contribution is -2.45. The quantitative estimate of drug-likeness (QED) is 0.0427. The third kappa shape index (κ3) is 42.3. The van der Waals surface area contributed by atoms with Crippen LogP contribution in [0, 0.1) is 0 Å². The first-order valence-corrected chi connectivity index (χ1v) is 24.9. The molecule has 0 radical (unpaired) electrons. The first kappa shape index (κ1) is 53.1. The zero-order valence-corrected chi connectivity index (χ0v) is 37.0. The van der Waals surface area contributed by atoms with Gasteiger partial charge >= 0.3 is 0 Å². The zero-order chi connectivity index (χ0) is 39.3. The number of hydrogen-bond acceptors (Lipinski definition) is 3. The van der Waals surface area contributed by atoms with Crippen LogP contribution in [-0.4, -0.2) is 34.9 Å². The fourth-order valence-corrected chi connectivity index (χ4v) is 7.95. The van der Waals surface area contributed by atoms with Crippen molar-refractivity contribution < 1.29 is 15.0 Å². The van der Waals surface area contributed by atoms with E-state index in [-0.39, 0.29) is 12.5 Å². The fourth-order valence-electron chi connectivity index (χ4n) is 7.95. The normalized spacial score (nSPS) is 12.9. The molecule has 0 aliphatic rings. The van der Waals surface area contributed by atoms with E-state index in [9.17, 15) is 15.0 Å². The van der Waals surface area contributed by atoms with Crippen LogP contribution in [0.25, 0.3) is 0 Å². The summed E-state index contributed by atoms with van der Waals surface area (Å²) >= 11 is 0. The number of rotatable bonds is 46. The number of carbonyl (C=O) groups is 1. The van der Waals surface area contributed by atoms with E-state index in [1.807, 2.05) is 0 Å². The molecule has 4 heteroatoms. The van der Waals surface area contributed by atoms with Gasteiger partial charge in [0.1, 0.15) is 0 Å². The first-order chi connectivity index (χ1) is 26.7. The number of carbonyl (C=O) groups excluding carboxylic acids is 1. The lowest BCUT2D eigenvalue weighted by Gasteiger charge is -2.22. The van der Waals surface area contributed by atoms with Gasteiger partial charge in [0.2, 0.25) is 5.91 Å². The SMILES string of the molecule is CCCCCCCC/C=C\CCCCCCCCCCCC(=O)NC(CO)C(O)CCCCCCCCCCCCCCCCCCCCCCCCC. The molecule has 0 aliphatic heterocycles. The number of hydrogen-bond donors (Lipinski definition) is 3. The van der Waals surface area contributed by atoms with E-state index >= 15 is 0 Å². The van der Waals surface area contributed by atoms with Gasteiger partial charge < -0.3 is 15.5 Å². The topological polar surface area (TPSA) is 69.6 Å². The van der Waals surface area contributed by atoms with E-state index < -0.39 is 12.1 Å². The van der Waals surface area contributed by atoms with E-state index in [2.05, 4.69) is 31.3 Å². The smallest absolute Gasteiger partial charge is 0.220 e. The second-order valence-corrected chi connectivity index (χ2v) is 17.2. The molecular formula is C50H99NO3. The van der Waals surface area contributed by atoms with Crippen LogP contribution < -0.4 is 5.32 Å². The van der Waals surface area contributed by atoms with Gasteiger partial charge in [-0.15, -0.1) is 0 Å². The van der Waals surface area contributed by atoms with Crippen LogP contribution in [-0.2, 0) is 4.79 Å². The molecule has 4 nitrogen and oxygen atoms in total. The summed E-state index contributed by atoms with van der Waals surface area (Å²) in [5, 5.41) is 23.3. The summed E-state index contributed by atoms with van der Waals surface area (Å²) in [6.07, 6.45) is 58.8. The molecule has 0 bridgehead atoms. The van der Waals surface area contributed by atoms with Crippen molar-refractivity contribution in [2.45, 2.75) is 296 Å². The minimum atomic E-state index is -0.657. The molecule has 2 atom stereocenters. The number of aliphatic hydroxyl groups is 2. The van der Waals surface area contributed by atoms with Crippen molar-refractivity contribution >= 4 is 5.91 Å². The summed E-state index contributed by atoms with van der Waals surface area (Å²) < 4.78 is 0. The van der Waals surface area contributed by atoms with Gasteiger partial charge in [0.05, 0.1) is 18.8 Å². The minimum Gasteiger partial charge on any atom is -0.394 e. The maximum atomic E-state index is 12.4. The molecule has 0 aliphatic carbocycles. The zero-order valence-electron chi connectivity index (χ0n) is 37.0. The monoisotopic (exact) mass is 762 g/mol. The molecule has 2 unspecified atom stereocenters. The van der Waals surface area contributed by atoms with Crippen LogP contribution in [0.15, 0.2) is 12.2 Å². The molecule has 0 heterocycles. The molecule has 0 aromatic heterocycles. The van der Waals surface area contributed by atoms with Crippen LogP contribution in [0.3, 0.4) is 0 Å². The molecule has 0 fully saturated rings. The first-order valence-electron chi connectivity index (χ1n) is 24.9. The number of allylic oxidation sites excluding steroid dienone is 2. The third-order valence-corrected chi connectivity index (χ3v) is 11.8. The fraction of sp³-hybridized carbons (Fsp3) is 0.940. The molecule has 0 spiro atoms. The summed E-state index contributed by atoms with van der Waals surface area (Å²) in [5.41, 5.74) is 0. The van der Waals surface area contributed by atoms with Gasteiger partial charge in [-0.2, -0.15) is 0 Å². The van der Waals surface area contributed by atoms with Gasteiger partial charge in [0.15, 0.2) is 0 Å². The van der Waals surface area contributed by atoms with E-state index in [4.69, 9.17) is 0 Å². The van der Waals surface area contributed by atoms with Gasteiger partial charge in [-0.05, 0) is 38.5 Å². The van der Waals surface area contributed by atoms with Crippen molar-refractivity contribution in [2.24, 2.45) is 0 Å². The van der Waals surface area contributed by atoms with Crippen molar-refractivity contribution in [3.63, 3.8) is 0 Å². The predicted molar refractivity (Wildman–Crippen MR) is 239 cm³/mol. The van der Waals surface area contributed by atoms with Gasteiger partial charge in [0, 0.05) is 6.42 Å². The summed E-state index contributed by atoms with van der Waals surface area (Å²) in [7, 11) is 0. The highest BCUT2D eigenvalue weighted by molar-refractivity contribution is 5.76. The van der Waals surface area contributed by atoms with E-state index in [1.165, 1.54) is 231 Å². The summed E-state index contributed by atoms with van der Waals surface area (Å²) in [6, 6.07) is -0.534. The van der Waals surface area contributed by atoms with Crippen LogP contribution in [0.1, 0.15) is 284 Å². The number of amides is 1. The van der Waals surface area contributed by atoms with Crippen molar-refractivity contribution in [2.75, 3.05) is 6.61 Å². The lowest BCUT2D eigenvalue weighted by molar-refractivity contribution is -0.123. The van der Waals surface area contributed by atoms with Crippen LogP contribution in [0.5, 0.6) is 0 Å². The van der Waals surface area contributed by atoms with Crippen LogP contribution in [0.4, 0.5) is 0 Å². The second kappa shape index (κ2) is 46.5.